The fraction of sp³-hybridized carbons (Fsp3) is 0.273. The fourth-order valence-electron chi connectivity index (χ4n) is 1.35. The Morgan fingerprint density at radius 2 is 2.18 bits per heavy atom. The number of halogens is 2. The summed E-state index contributed by atoms with van der Waals surface area (Å²) < 4.78 is 17.8. The molecular weight excluding hydrogens is 251 g/mol. The average molecular weight is 261 g/mol. The molecule has 17 heavy (non-hydrogen) atoms. The van der Waals surface area contributed by atoms with Crippen LogP contribution in [-0.2, 0) is 20.7 Å². The molecule has 0 aliphatic rings. The van der Waals surface area contributed by atoms with Crippen molar-refractivity contribution in [2.24, 2.45) is 5.92 Å². The summed E-state index contributed by atoms with van der Waals surface area (Å²) in [6.45, 7) is 0. The summed E-state index contributed by atoms with van der Waals surface area (Å²) >= 11 is 5.74. The molecule has 1 atom stereocenters. The fourth-order valence-corrected chi connectivity index (χ4v) is 1.59. The van der Waals surface area contributed by atoms with Gasteiger partial charge in [0.1, 0.15) is 5.82 Å². The van der Waals surface area contributed by atoms with Crippen LogP contribution in [0.3, 0.4) is 0 Å². The van der Waals surface area contributed by atoms with Gasteiger partial charge in [0.15, 0.2) is 5.92 Å². The first-order valence-electron chi connectivity index (χ1n) is 4.71. The van der Waals surface area contributed by atoms with E-state index in [0.717, 1.165) is 13.2 Å². The first-order chi connectivity index (χ1) is 7.97. The number of hydrogen-bond acceptors (Lipinski definition) is 3. The van der Waals surface area contributed by atoms with Crippen molar-refractivity contribution < 1.29 is 23.8 Å². The monoisotopic (exact) mass is 260 g/mol. The van der Waals surface area contributed by atoms with Crippen LogP contribution in [0.1, 0.15) is 5.56 Å². The molecule has 0 saturated heterocycles. The largest absolute Gasteiger partial charge is 0.481 e. The van der Waals surface area contributed by atoms with E-state index in [2.05, 4.69) is 4.74 Å². The second-order valence-corrected chi connectivity index (χ2v) is 3.73. The quantitative estimate of drug-likeness (QED) is 0.663. The summed E-state index contributed by atoms with van der Waals surface area (Å²) in [7, 11) is 1.07. The third kappa shape index (κ3) is 3.17. The third-order valence-electron chi connectivity index (χ3n) is 2.25. The van der Waals surface area contributed by atoms with Gasteiger partial charge < -0.3 is 9.84 Å². The van der Waals surface area contributed by atoms with Crippen molar-refractivity contribution in [3.8, 4) is 0 Å². The zero-order valence-electron chi connectivity index (χ0n) is 8.94. The Kier molecular flexibility index (Phi) is 4.45. The van der Waals surface area contributed by atoms with Crippen LogP contribution >= 0.6 is 11.6 Å². The second-order valence-electron chi connectivity index (χ2n) is 3.32. The minimum atomic E-state index is -1.46. The van der Waals surface area contributed by atoms with Crippen molar-refractivity contribution in [3.63, 3.8) is 0 Å². The van der Waals surface area contributed by atoms with Crippen molar-refractivity contribution >= 4 is 23.5 Å². The van der Waals surface area contributed by atoms with E-state index < -0.39 is 23.7 Å². The molecule has 0 aromatic heterocycles. The first kappa shape index (κ1) is 13.4. The number of hydrogen-bond donors (Lipinski definition) is 1. The molecular formula is C11H10ClFO4. The lowest BCUT2D eigenvalue weighted by molar-refractivity contribution is -0.156. The highest BCUT2D eigenvalue weighted by Gasteiger charge is 2.29. The normalized spacial score (nSPS) is 11.9. The molecule has 1 N–H and O–H groups in total. The molecule has 0 saturated carbocycles. The van der Waals surface area contributed by atoms with Crippen LogP contribution in [0.25, 0.3) is 0 Å². The van der Waals surface area contributed by atoms with Gasteiger partial charge in [-0.15, -0.1) is 0 Å². The van der Waals surface area contributed by atoms with Crippen molar-refractivity contribution in [2.75, 3.05) is 7.11 Å². The molecule has 1 unspecified atom stereocenters. The molecule has 0 heterocycles. The van der Waals surface area contributed by atoms with Gasteiger partial charge in [-0.1, -0.05) is 17.7 Å². The third-order valence-corrected chi connectivity index (χ3v) is 2.61. The Morgan fingerprint density at radius 3 is 2.65 bits per heavy atom. The number of aliphatic carboxylic acids is 1. The van der Waals surface area contributed by atoms with Gasteiger partial charge in [0.05, 0.1) is 7.11 Å². The molecule has 0 amide bonds. The highest BCUT2D eigenvalue weighted by Crippen LogP contribution is 2.22. The van der Waals surface area contributed by atoms with Crippen LogP contribution in [0.5, 0.6) is 0 Å². The van der Waals surface area contributed by atoms with E-state index in [-0.39, 0.29) is 17.0 Å². The molecule has 0 spiro atoms. The molecule has 0 bridgehead atoms. The summed E-state index contributed by atoms with van der Waals surface area (Å²) in [6, 6.07) is 3.97. The maximum absolute atomic E-state index is 13.4. The molecule has 0 aliphatic heterocycles. The predicted molar refractivity (Wildman–Crippen MR) is 58.3 cm³/mol. The van der Waals surface area contributed by atoms with Gasteiger partial charge in [-0.05, 0) is 12.1 Å². The first-order valence-corrected chi connectivity index (χ1v) is 5.08. The number of esters is 1. The number of benzene rings is 1. The Morgan fingerprint density at radius 1 is 1.53 bits per heavy atom. The molecule has 1 aromatic rings. The molecule has 4 nitrogen and oxygen atoms in total. The van der Waals surface area contributed by atoms with Crippen LogP contribution in [0, 0.1) is 11.7 Å². The Bertz CT molecular complexity index is 427. The number of carboxylic acids is 1. The average Bonchev–Trinajstić information content (AvgIpc) is 2.27. The van der Waals surface area contributed by atoms with Gasteiger partial charge >= 0.3 is 11.9 Å². The lowest BCUT2D eigenvalue weighted by Crippen LogP contribution is -2.27. The zero-order valence-corrected chi connectivity index (χ0v) is 9.70. The second kappa shape index (κ2) is 5.63. The van der Waals surface area contributed by atoms with E-state index >= 15 is 0 Å². The predicted octanol–water partition coefficient (Wildman–Crippen LogP) is 1.90. The molecule has 6 heteroatoms. The summed E-state index contributed by atoms with van der Waals surface area (Å²) in [5, 5.41) is 8.93. The maximum atomic E-state index is 13.4. The van der Waals surface area contributed by atoms with Crippen molar-refractivity contribution in [1.82, 2.24) is 0 Å². The van der Waals surface area contributed by atoms with E-state index in [9.17, 15) is 14.0 Å². The summed E-state index contributed by atoms with van der Waals surface area (Å²) in [5.41, 5.74) is -0.00744. The van der Waals surface area contributed by atoms with E-state index in [1.807, 2.05) is 0 Å². The lowest BCUT2D eigenvalue weighted by Gasteiger charge is -2.11. The number of ether oxygens (including phenoxy) is 1. The van der Waals surface area contributed by atoms with Gasteiger partial charge in [-0.3, -0.25) is 9.59 Å². The maximum Gasteiger partial charge on any atom is 0.320 e. The van der Waals surface area contributed by atoms with Gasteiger partial charge in [0.25, 0.3) is 0 Å². The summed E-state index contributed by atoms with van der Waals surface area (Å²) in [5.74, 6) is -4.42. The minimum absolute atomic E-state index is 0.00744. The minimum Gasteiger partial charge on any atom is -0.481 e. The topological polar surface area (TPSA) is 63.6 Å². The molecule has 0 radical (unpaired) electrons. The van der Waals surface area contributed by atoms with Gasteiger partial charge in [0.2, 0.25) is 0 Å². The van der Waals surface area contributed by atoms with Crippen LogP contribution in [0.15, 0.2) is 18.2 Å². The van der Waals surface area contributed by atoms with Crippen molar-refractivity contribution in [1.29, 1.82) is 0 Å². The van der Waals surface area contributed by atoms with E-state index in [1.54, 1.807) is 0 Å². The van der Waals surface area contributed by atoms with Crippen LogP contribution in [-0.4, -0.2) is 24.2 Å². The number of methoxy groups -OCH3 is 1. The lowest BCUT2D eigenvalue weighted by atomic mass is 9.99. The molecule has 0 aliphatic carbocycles. The number of carboxylic acid groups (broad SMARTS) is 1. The highest BCUT2D eigenvalue weighted by atomic mass is 35.5. The van der Waals surface area contributed by atoms with Crippen LogP contribution in [0.2, 0.25) is 5.02 Å². The van der Waals surface area contributed by atoms with E-state index in [4.69, 9.17) is 16.7 Å². The van der Waals surface area contributed by atoms with Crippen LogP contribution < -0.4 is 0 Å². The SMILES string of the molecule is COC(=O)C(Cc1c(F)cccc1Cl)C(=O)O. The standard InChI is InChI=1S/C11H10ClFO4/c1-17-11(16)7(10(14)15)5-6-8(12)3-2-4-9(6)13/h2-4,7H,5H2,1H3,(H,14,15). The van der Waals surface area contributed by atoms with Crippen molar-refractivity contribution in [2.45, 2.75) is 6.42 Å². The van der Waals surface area contributed by atoms with E-state index in [0.29, 0.717) is 0 Å². The highest BCUT2D eigenvalue weighted by molar-refractivity contribution is 6.31. The molecule has 92 valence electrons. The molecule has 1 aromatic carbocycles. The Labute approximate surface area is 102 Å². The molecule has 0 fully saturated rings. The van der Waals surface area contributed by atoms with Crippen LogP contribution in [0.4, 0.5) is 4.39 Å². The smallest absolute Gasteiger partial charge is 0.320 e. The van der Waals surface area contributed by atoms with Gasteiger partial charge in [0, 0.05) is 17.0 Å². The Hall–Kier alpha value is -1.62. The number of rotatable bonds is 4. The Balaban J connectivity index is 3.02. The van der Waals surface area contributed by atoms with Gasteiger partial charge in [-0.25, -0.2) is 4.39 Å². The van der Waals surface area contributed by atoms with Gasteiger partial charge in [-0.2, -0.15) is 0 Å². The molecule has 1 rings (SSSR count). The number of carbonyl (C=O) groups excluding carboxylic acids is 1. The van der Waals surface area contributed by atoms with E-state index in [1.165, 1.54) is 12.1 Å². The zero-order chi connectivity index (χ0) is 13.0. The summed E-state index contributed by atoms with van der Waals surface area (Å²) in [4.78, 5) is 22.1. The summed E-state index contributed by atoms with van der Waals surface area (Å²) in [6.07, 6.45) is -0.340. The van der Waals surface area contributed by atoms with Crippen molar-refractivity contribution in [3.05, 3.63) is 34.6 Å². The number of carbonyl (C=O) groups is 2.